The highest BCUT2D eigenvalue weighted by atomic mass is 16.3. The molecule has 2 aliphatic rings. The molecule has 1 saturated heterocycles. The molecule has 0 aromatic rings. The van der Waals surface area contributed by atoms with Crippen molar-refractivity contribution < 1.29 is 10.2 Å². The Morgan fingerprint density at radius 3 is 2.00 bits per heavy atom. The van der Waals surface area contributed by atoms with Crippen LogP contribution in [0.3, 0.4) is 0 Å². The smallest absolute Gasteiger partial charge is 0.110 e. The first-order chi connectivity index (χ1) is 4.79. The third kappa shape index (κ3) is 0.779. The minimum atomic E-state index is -0.456. The maximum absolute atomic E-state index is 9.30. The van der Waals surface area contributed by atoms with Gasteiger partial charge in [-0.1, -0.05) is 6.42 Å². The van der Waals surface area contributed by atoms with E-state index in [2.05, 4.69) is 5.32 Å². The van der Waals surface area contributed by atoms with E-state index in [0.717, 1.165) is 19.3 Å². The number of rotatable bonds is 0. The van der Waals surface area contributed by atoms with Gasteiger partial charge in [0.25, 0.3) is 0 Å². The zero-order valence-electron chi connectivity index (χ0n) is 5.83. The standard InChI is InChI=1S/C7H13NO2/c9-6-4-2-1-3-5(4)7(10)8-6/h4-10H,1-3H2. The molecule has 3 N–H and O–H groups in total. The predicted octanol–water partition coefficient (Wildman–Crippen LogP) is -0.357. The quantitative estimate of drug-likeness (QED) is 0.434. The van der Waals surface area contributed by atoms with Gasteiger partial charge in [-0.3, -0.25) is 5.32 Å². The largest absolute Gasteiger partial charge is 0.378 e. The fourth-order valence-corrected chi connectivity index (χ4v) is 2.22. The molecule has 1 saturated carbocycles. The zero-order valence-corrected chi connectivity index (χ0v) is 5.83. The summed E-state index contributed by atoms with van der Waals surface area (Å²) in [4.78, 5) is 0. The lowest BCUT2D eigenvalue weighted by Gasteiger charge is -2.10. The van der Waals surface area contributed by atoms with Crippen LogP contribution in [0.15, 0.2) is 0 Å². The van der Waals surface area contributed by atoms with Crippen molar-refractivity contribution >= 4 is 0 Å². The van der Waals surface area contributed by atoms with Crippen LogP contribution >= 0.6 is 0 Å². The van der Waals surface area contributed by atoms with E-state index < -0.39 is 12.5 Å². The van der Waals surface area contributed by atoms with Gasteiger partial charge in [-0.05, 0) is 12.8 Å². The molecular weight excluding hydrogens is 130 g/mol. The average molecular weight is 143 g/mol. The third-order valence-electron chi connectivity index (χ3n) is 2.78. The summed E-state index contributed by atoms with van der Waals surface area (Å²) >= 11 is 0. The van der Waals surface area contributed by atoms with Crippen LogP contribution in [0.25, 0.3) is 0 Å². The van der Waals surface area contributed by atoms with Gasteiger partial charge >= 0.3 is 0 Å². The summed E-state index contributed by atoms with van der Waals surface area (Å²) < 4.78 is 0. The van der Waals surface area contributed by atoms with Crippen LogP contribution in [-0.2, 0) is 0 Å². The molecule has 3 nitrogen and oxygen atoms in total. The van der Waals surface area contributed by atoms with Gasteiger partial charge in [0.15, 0.2) is 0 Å². The Hall–Kier alpha value is -0.120. The molecule has 2 fully saturated rings. The minimum absolute atomic E-state index is 0.315. The average Bonchev–Trinajstić information content (AvgIpc) is 2.39. The van der Waals surface area contributed by atoms with Gasteiger partial charge in [0.2, 0.25) is 0 Å². The van der Waals surface area contributed by atoms with Crippen LogP contribution in [0.2, 0.25) is 0 Å². The lowest BCUT2D eigenvalue weighted by molar-refractivity contribution is 0.0767. The fraction of sp³-hybridized carbons (Fsp3) is 1.00. The Morgan fingerprint density at radius 2 is 1.50 bits per heavy atom. The zero-order chi connectivity index (χ0) is 7.14. The molecule has 0 amide bonds. The van der Waals surface area contributed by atoms with Crippen molar-refractivity contribution in [3.8, 4) is 0 Å². The van der Waals surface area contributed by atoms with Gasteiger partial charge in [0.05, 0.1) is 0 Å². The first-order valence-corrected chi connectivity index (χ1v) is 3.91. The Bertz CT molecular complexity index is 126. The summed E-state index contributed by atoms with van der Waals surface area (Å²) in [5.41, 5.74) is 0. The lowest BCUT2D eigenvalue weighted by atomic mass is 9.98. The molecule has 3 heteroatoms. The molecule has 1 aliphatic heterocycles. The molecule has 0 aromatic heterocycles. The second kappa shape index (κ2) is 2.19. The van der Waals surface area contributed by atoms with Crippen LogP contribution < -0.4 is 5.32 Å². The number of aliphatic hydroxyl groups excluding tert-OH is 2. The van der Waals surface area contributed by atoms with E-state index in [4.69, 9.17) is 0 Å². The summed E-state index contributed by atoms with van der Waals surface area (Å²) in [5.74, 6) is 0.630. The Morgan fingerprint density at radius 1 is 1.00 bits per heavy atom. The molecule has 58 valence electrons. The van der Waals surface area contributed by atoms with E-state index in [-0.39, 0.29) is 0 Å². The number of fused-ring (bicyclic) bond motifs is 1. The highest BCUT2D eigenvalue weighted by Crippen LogP contribution is 2.39. The van der Waals surface area contributed by atoms with Crippen LogP contribution in [0.4, 0.5) is 0 Å². The maximum atomic E-state index is 9.30. The molecule has 0 spiro atoms. The van der Waals surface area contributed by atoms with E-state index in [1.54, 1.807) is 0 Å². The van der Waals surface area contributed by atoms with Gasteiger partial charge in [-0.15, -0.1) is 0 Å². The maximum Gasteiger partial charge on any atom is 0.110 e. The topological polar surface area (TPSA) is 52.5 Å². The first kappa shape index (κ1) is 6.58. The minimum Gasteiger partial charge on any atom is -0.378 e. The molecule has 4 unspecified atom stereocenters. The number of aliphatic hydroxyl groups is 2. The van der Waals surface area contributed by atoms with Crippen LogP contribution in [-0.4, -0.2) is 22.7 Å². The Labute approximate surface area is 60.1 Å². The molecule has 2 rings (SSSR count). The van der Waals surface area contributed by atoms with Crippen molar-refractivity contribution in [3.05, 3.63) is 0 Å². The summed E-state index contributed by atoms with van der Waals surface area (Å²) in [6.07, 6.45) is 2.38. The fourth-order valence-electron chi connectivity index (χ4n) is 2.22. The van der Waals surface area contributed by atoms with Crippen LogP contribution in [0.1, 0.15) is 19.3 Å². The van der Waals surface area contributed by atoms with Crippen molar-refractivity contribution in [2.75, 3.05) is 0 Å². The van der Waals surface area contributed by atoms with Crippen molar-refractivity contribution in [1.82, 2.24) is 5.32 Å². The number of hydrogen-bond donors (Lipinski definition) is 3. The Balaban J connectivity index is 2.11. The van der Waals surface area contributed by atoms with Crippen LogP contribution in [0.5, 0.6) is 0 Å². The van der Waals surface area contributed by atoms with Crippen molar-refractivity contribution in [1.29, 1.82) is 0 Å². The molecule has 10 heavy (non-hydrogen) atoms. The summed E-state index contributed by atoms with van der Waals surface area (Å²) in [6, 6.07) is 0. The predicted molar refractivity (Wildman–Crippen MR) is 36.0 cm³/mol. The number of nitrogens with one attached hydrogen (secondary N) is 1. The van der Waals surface area contributed by atoms with Crippen molar-refractivity contribution in [2.45, 2.75) is 31.7 Å². The molecule has 1 heterocycles. The van der Waals surface area contributed by atoms with Gasteiger partial charge in [-0.25, -0.2) is 0 Å². The summed E-state index contributed by atoms with van der Waals surface area (Å²) in [7, 11) is 0. The van der Waals surface area contributed by atoms with E-state index >= 15 is 0 Å². The SMILES string of the molecule is OC1NC(O)C2CCCC12. The van der Waals surface area contributed by atoms with Crippen LogP contribution in [0, 0.1) is 11.8 Å². The monoisotopic (exact) mass is 143 g/mol. The van der Waals surface area contributed by atoms with E-state index in [1.807, 2.05) is 0 Å². The third-order valence-corrected chi connectivity index (χ3v) is 2.78. The van der Waals surface area contributed by atoms with Gasteiger partial charge in [-0.2, -0.15) is 0 Å². The molecule has 1 aliphatic carbocycles. The van der Waals surface area contributed by atoms with Crippen molar-refractivity contribution in [3.63, 3.8) is 0 Å². The molecule has 4 atom stereocenters. The second-order valence-corrected chi connectivity index (χ2v) is 3.31. The molecule has 0 aromatic carbocycles. The highest BCUT2D eigenvalue weighted by molar-refractivity contribution is 4.91. The first-order valence-electron chi connectivity index (χ1n) is 3.91. The second-order valence-electron chi connectivity index (χ2n) is 3.31. The van der Waals surface area contributed by atoms with Gasteiger partial charge in [0.1, 0.15) is 12.5 Å². The summed E-state index contributed by atoms with van der Waals surface area (Å²) in [6.45, 7) is 0. The van der Waals surface area contributed by atoms with Gasteiger partial charge in [0, 0.05) is 11.8 Å². The van der Waals surface area contributed by atoms with E-state index in [9.17, 15) is 10.2 Å². The van der Waals surface area contributed by atoms with Crippen molar-refractivity contribution in [2.24, 2.45) is 11.8 Å². The van der Waals surface area contributed by atoms with E-state index in [0.29, 0.717) is 11.8 Å². The molecule has 0 bridgehead atoms. The van der Waals surface area contributed by atoms with Gasteiger partial charge < -0.3 is 10.2 Å². The lowest BCUT2D eigenvalue weighted by Crippen LogP contribution is -2.31. The summed E-state index contributed by atoms with van der Waals surface area (Å²) in [5, 5.41) is 21.3. The molecule has 0 radical (unpaired) electrons. The van der Waals surface area contributed by atoms with E-state index in [1.165, 1.54) is 0 Å². The number of hydrogen-bond acceptors (Lipinski definition) is 3. The highest BCUT2D eigenvalue weighted by Gasteiger charge is 2.43. The molecular formula is C7H13NO2. The Kier molecular flexibility index (Phi) is 1.44. The normalized spacial score (nSPS) is 53.4.